The van der Waals surface area contributed by atoms with Gasteiger partial charge in [-0.2, -0.15) is 5.26 Å². The van der Waals surface area contributed by atoms with Crippen LogP contribution in [0.25, 0.3) is 27.0 Å². The van der Waals surface area contributed by atoms with Gasteiger partial charge in [0.05, 0.1) is 33.8 Å². The van der Waals surface area contributed by atoms with E-state index in [1.807, 2.05) is 87.7 Å². The van der Waals surface area contributed by atoms with Gasteiger partial charge in [0.15, 0.2) is 5.82 Å². The number of hydrogen-bond donors (Lipinski definition) is 3. The van der Waals surface area contributed by atoms with E-state index in [2.05, 4.69) is 45.1 Å². The van der Waals surface area contributed by atoms with Gasteiger partial charge in [-0.1, -0.05) is 61.0 Å². The molecule has 0 unspecified atom stereocenters. The number of nitrogens with one attached hydrogen (secondary N) is 3. The van der Waals surface area contributed by atoms with Crippen LogP contribution in [-0.4, -0.2) is 57.9 Å². The van der Waals surface area contributed by atoms with Crippen LogP contribution in [0.3, 0.4) is 0 Å². The van der Waals surface area contributed by atoms with Crippen LogP contribution in [0.5, 0.6) is 0 Å². The average molecular weight is 895 g/mol. The van der Waals surface area contributed by atoms with Crippen molar-refractivity contribution in [1.29, 1.82) is 5.26 Å². The SMILES string of the molecule is CCc1ccc(NS(=O)(=O)C2=CC=C(CCNC(=O)c3ccc(-c4ccc(C5=N[C@@H](CC(=O)OC(C)(C)C)c6nnc(C)n6-c6sc(C)c(C)c65)cc4)cc3)CC2)c2[nH]cc(C#N)c12. The van der Waals surface area contributed by atoms with E-state index in [-0.39, 0.29) is 23.2 Å². The fourth-order valence-corrected chi connectivity index (χ4v) is 10.7. The number of carbonyl (C=O) groups is 2. The minimum atomic E-state index is -3.83. The van der Waals surface area contributed by atoms with E-state index in [1.54, 1.807) is 41.8 Å². The third-order valence-corrected chi connectivity index (χ3v) is 14.3. The Morgan fingerprint density at radius 2 is 1.67 bits per heavy atom. The molecule has 0 fully saturated rings. The number of amides is 1. The van der Waals surface area contributed by atoms with Crippen molar-refractivity contribution < 1.29 is 22.7 Å². The van der Waals surface area contributed by atoms with Gasteiger partial charge in [0, 0.05) is 39.7 Å². The molecular formula is C49H50N8O5S2. The zero-order valence-electron chi connectivity index (χ0n) is 36.9. The van der Waals surface area contributed by atoms with E-state index in [0.29, 0.717) is 60.4 Å². The molecule has 3 N–H and O–H groups in total. The lowest BCUT2D eigenvalue weighted by molar-refractivity contribution is -0.155. The zero-order chi connectivity index (χ0) is 45.5. The molecule has 64 heavy (non-hydrogen) atoms. The summed E-state index contributed by atoms with van der Waals surface area (Å²) in [6.45, 7) is 14.0. The Bertz CT molecular complexity index is 3060. The highest BCUT2D eigenvalue weighted by Crippen LogP contribution is 2.40. The number of fused-ring (bicyclic) bond motifs is 4. The van der Waals surface area contributed by atoms with Gasteiger partial charge in [0.1, 0.15) is 28.5 Å². The Hall–Kier alpha value is -6.63. The van der Waals surface area contributed by atoms with Gasteiger partial charge in [-0.05, 0) is 114 Å². The number of H-pyrrole nitrogens is 1. The number of esters is 1. The summed E-state index contributed by atoms with van der Waals surface area (Å²) in [4.78, 5) is 36.0. The smallest absolute Gasteiger partial charge is 0.308 e. The van der Waals surface area contributed by atoms with Crippen molar-refractivity contribution in [2.75, 3.05) is 11.3 Å². The summed E-state index contributed by atoms with van der Waals surface area (Å²) in [6.07, 6.45) is 7.26. The van der Waals surface area contributed by atoms with Gasteiger partial charge in [0.25, 0.3) is 15.9 Å². The summed E-state index contributed by atoms with van der Waals surface area (Å²) in [6, 6.07) is 20.8. The second-order valence-electron chi connectivity index (χ2n) is 17.1. The monoisotopic (exact) mass is 894 g/mol. The summed E-state index contributed by atoms with van der Waals surface area (Å²) in [5, 5.41) is 23.1. The Balaban J connectivity index is 0.917. The molecular weight excluding hydrogens is 845 g/mol. The number of thiophene rings is 1. The Kier molecular flexibility index (Phi) is 12.0. The molecule has 328 valence electrons. The number of allylic oxidation sites excluding steroid dienone is 3. The first-order chi connectivity index (χ1) is 30.5. The molecule has 4 heterocycles. The minimum absolute atomic E-state index is 0.0189. The number of aromatic nitrogens is 4. The van der Waals surface area contributed by atoms with Crippen LogP contribution in [0.1, 0.15) is 114 Å². The van der Waals surface area contributed by atoms with E-state index in [1.165, 1.54) is 0 Å². The van der Waals surface area contributed by atoms with Crippen molar-refractivity contribution in [3.63, 3.8) is 0 Å². The summed E-state index contributed by atoms with van der Waals surface area (Å²) in [7, 11) is -3.83. The second kappa shape index (κ2) is 17.5. The minimum Gasteiger partial charge on any atom is -0.460 e. The molecule has 0 radical (unpaired) electrons. The number of nitriles is 1. The first-order valence-electron chi connectivity index (χ1n) is 21.3. The lowest BCUT2D eigenvalue weighted by Gasteiger charge is -2.21. The van der Waals surface area contributed by atoms with Crippen LogP contribution in [0.15, 0.2) is 94.5 Å². The number of benzene rings is 3. The number of ether oxygens (including phenoxy) is 1. The number of aromatic amines is 1. The molecule has 0 spiro atoms. The topological polar surface area (TPSA) is 184 Å². The highest BCUT2D eigenvalue weighted by molar-refractivity contribution is 7.96. The summed E-state index contributed by atoms with van der Waals surface area (Å²) in [5.74, 6) is 0.771. The number of anilines is 1. The zero-order valence-corrected chi connectivity index (χ0v) is 38.6. The molecule has 1 aliphatic carbocycles. The van der Waals surface area contributed by atoms with Crippen molar-refractivity contribution in [2.45, 2.75) is 92.2 Å². The van der Waals surface area contributed by atoms with Crippen LogP contribution in [0.2, 0.25) is 0 Å². The van der Waals surface area contributed by atoms with Gasteiger partial charge >= 0.3 is 5.97 Å². The number of aliphatic imine (C=N–C) groups is 1. The predicted molar refractivity (Wildman–Crippen MR) is 251 cm³/mol. The first-order valence-corrected chi connectivity index (χ1v) is 23.6. The molecule has 6 aromatic rings. The van der Waals surface area contributed by atoms with E-state index in [4.69, 9.17) is 9.73 Å². The van der Waals surface area contributed by atoms with E-state index >= 15 is 0 Å². The van der Waals surface area contributed by atoms with Gasteiger partial charge in [-0.3, -0.25) is 23.9 Å². The molecule has 1 atom stereocenters. The summed E-state index contributed by atoms with van der Waals surface area (Å²) < 4.78 is 37.2. The molecule has 0 saturated carbocycles. The molecule has 3 aromatic heterocycles. The number of carbonyl (C=O) groups excluding carboxylic acids is 2. The normalized spacial score (nSPS) is 15.0. The Morgan fingerprint density at radius 1 is 0.969 bits per heavy atom. The second-order valence-corrected chi connectivity index (χ2v) is 20.0. The molecule has 0 bridgehead atoms. The van der Waals surface area contributed by atoms with Crippen molar-refractivity contribution in [3.05, 3.63) is 139 Å². The van der Waals surface area contributed by atoms with Crippen molar-refractivity contribution in [1.82, 2.24) is 25.1 Å². The maximum atomic E-state index is 13.4. The highest BCUT2D eigenvalue weighted by Gasteiger charge is 2.33. The largest absolute Gasteiger partial charge is 0.460 e. The molecule has 8 rings (SSSR count). The van der Waals surface area contributed by atoms with Crippen LogP contribution in [0.4, 0.5) is 5.69 Å². The number of nitrogens with zero attached hydrogens (tertiary/aromatic N) is 5. The predicted octanol–water partition coefficient (Wildman–Crippen LogP) is 9.63. The Labute approximate surface area is 377 Å². The maximum Gasteiger partial charge on any atom is 0.308 e. The lowest BCUT2D eigenvalue weighted by atomic mass is 9.96. The number of rotatable bonds is 12. The van der Waals surface area contributed by atoms with Crippen LogP contribution in [0, 0.1) is 32.1 Å². The standard InChI is InChI=1S/C49H50N8O5S2/c1-8-32-19-22-39(45-43(32)37(26-50)27-52-45)56-64(60,61)38-20-9-31(10-21-38)23-24-51-47(59)36-17-13-34(14-18-36)33-11-15-35(16-12-33)44-42-28(2)29(3)63-48(42)57-30(4)54-55-46(57)40(53-44)25-41(58)62-49(5,6)7/h9,11-20,22,27,40,52,56H,8,10,21,23-25H2,1-7H3,(H,51,59)/t40-/m0/s1. The third kappa shape index (κ3) is 8.80. The van der Waals surface area contributed by atoms with Gasteiger partial charge in [-0.15, -0.1) is 21.5 Å². The van der Waals surface area contributed by atoms with Crippen LogP contribution < -0.4 is 10.0 Å². The number of hydrogen-bond acceptors (Lipinski definition) is 10. The summed E-state index contributed by atoms with van der Waals surface area (Å²) in [5.41, 5.74) is 9.07. The average Bonchev–Trinajstić information content (AvgIpc) is 3.94. The van der Waals surface area contributed by atoms with E-state index in [9.17, 15) is 23.3 Å². The van der Waals surface area contributed by atoms with Crippen molar-refractivity contribution in [3.8, 4) is 22.2 Å². The first kappa shape index (κ1) is 44.0. The van der Waals surface area contributed by atoms with Gasteiger partial charge in [0.2, 0.25) is 0 Å². The Morgan fingerprint density at radius 3 is 2.33 bits per heavy atom. The van der Waals surface area contributed by atoms with Gasteiger partial charge in [-0.25, -0.2) is 8.42 Å². The molecule has 13 nitrogen and oxygen atoms in total. The fourth-order valence-electron chi connectivity index (χ4n) is 8.23. The molecule has 1 amide bonds. The van der Waals surface area contributed by atoms with E-state index in [0.717, 1.165) is 65.8 Å². The van der Waals surface area contributed by atoms with Crippen molar-refractivity contribution >= 4 is 55.5 Å². The van der Waals surface area contributed by atoms with Crippen LogP contribution >= 0.6 is 11.3 Å². The third-order valence-electron chi connectivity index (χ3n) is 11.6. The maximum absolute atomic E-state index is 13.4. The molecule has 1 aliphatic heterocycles. The fraction of sp³-hybridized carbons (Fsp3) is 0.306. The molecule has 0 saturated heterocycles. The summed E-state index contributed by atoms with van der Waals surface area (Å²) >= 11 is 1.66. The lowest BCUT2D eigenvalue weighted by Crippen LogP contribution is -2.25. The molecule has 3 aromatic carbocycles. The van der Waals surface area contributed by atoms with E-state index < -0.39 is 21.7 Å². The number of aryl methyl sites for hydroxylation is 3. The molecule has 2 aliphatic rings. The highest BCUT2D eigenvalue weighted by atomic mass is 32.2. The van der Waals surface area contributed by atoms with Gasteiger partial charge < -0.3 is 15.0 Å². The van der Waals surface area contributed by atoms with Crippen molar-refractivity contribution in [2.24, 2.45) is 4.99 Å². The quantitative estimate of drug-likeness (QED) is 0.101. The number of sulfonamides is 1. The molecule has 15 heteroatoms. The van der Waals surface area contributed by atoms with Crippen LogP contribution in [-0.2, 0) is 26.0 Å².